The number of hydrogen-bond donors (Lipinski definition) is 2. The fourth-order valence-corrected chi connectivity index (χ4v) is 1.59. The first kappa shape index (κ1) is 15.2. The normalized spacial score (nSPS) is 10.0. The monoisotopic (exact) mass is 264 g/mol. The number of ether oxygens (including phenoxy) is 1. The Morgan fingerprint density at radius 1 is 1.21 bits per heavy atom. The summed E-state index contributed by atoms with van der Waals surface area (Å²) in [5, 5.41) is 0. The van der Waals surface area contributed by atoms with Gasteiger partial charge < -0.3 is 4.74 Å². The van der Waals surface area contributed by atoms with Crippen LogP contribution in [-0.2, 0) is 4.79 Å². The first-order valence-electron chi connectivity index (χ1n) is 6.43. The second-order valence-corrected chi connectivity index (χ2v) is 4.17. The zero-order valence-corrected chi connectivity index (χ0v) is 11.1. The molecule has 0 aliphatic rings. The molecule has 5 heteroatoms. The van der Waals surface area contributed by atoms with Crippen LogP contribution in [0.4, 0.5) is 0 Å². The van der Waals surface area contributed by atoms with Crippen LogP contribution in [0.1, 0.15) is 43.0 Å². The molecule has 0 heterocycles. The molecule has 104 valence electrons. The van der Waals surface area contributed by atoms with Gasteiger partial charge in [0.1, 0.15) is 5.75 Å². The number of unbranched alkanes of at least 4 members (excludes halogenated alkanes) is 1. The lowest BCUT2D eigenvalue weighted by Crippen LogP contribution is -2.29. The number of amides is 1. The second-order valence-electron chi connectivity index (χ2n) is 4.17. The fourth-order valence-electron chi connectivity index (χ4n) is 1.59. The Hall–Kier alpha value is -1.88. The Morgan fingerprint density at radius 2 is 1.89 bits per heavy atom. The summed E-state index contributed by atoms with van der Waals surface area (Å²) >= 11 is 0. The molecule has 1 aromatic rings. The van der Waals surface area contributed by atoms with Gasteiger partial charge in [-0.25, -0.2) is 5.84 Å². The highest BCUT2D eigenvalue weighted by molar-refractivity contribution is 5.95. The minimum atomic E-state index is -0.164. The van der Waals surface area contributed by atoms with Crippen molar-refractivity contribution in [1.29, 1.82) is 0 Å². The summed E-state index contributed by atoms with van der Waals surface area (Å²) in [4.78, 5) is 22.3. The molecule has 0 bridgehead atoms. The summed E-state index contributed by atoms with van der Waals surface area (Å²) in [5.41, 5.74) is 2.79. The SMILES string of the molecule is CCC(=O)c1ccc(OCCCCC(=O)NN)cc1. The van der Waals surface area contributed by atoms with Gasteiger partial charge in [0.25, 0.3) is 0 Å². The highest BCUT2D eigenvalue weighted by Gasteiger charge is 2.03. The van der Waals surface area contributed by atoms with Crippen molar-refractivity contribution in [1.82, 2.24) is 5.43 Å². The van der Waals surface area contributed by atoms with Crippen LogP contribution in [0.5, 0.6) is 5.75 Å². The zero-order valence-electron chi connectivity index (χ0n) is 11.1. The zero-order chi connectivity index (χ0) is 14.1. The third kappa shape index (κ3) is 5.52. The number of carbonyl (C=O) groups is 2. The molecule has 1 amide bonds. The van der Waals surface area contributed by atoms with Crippen LogP contribution < -0.4 is 16.0 Å². The van der Waals surface area contributed by atoms with Crippen molar-refractivity contribution in [3.63, 3.8) is 0 Å². The van der Waals surface area contributed by atoms with Crippen LogP contribution in [-0.4, -0.2) is 18.3 Å². The number of rotatable bonds is 8. The van der Waals surface area contributed by atoms with Gasteiger partial charge in [-0.2, -0.15) is 0 Å². The lowest BCUT2D eigenvalue weighted by Gasteiger charge is -2.06. The Morgan fingerprint density at radius 3 is 2.47 bits per heavy atom. The molecule has 1 aromatic carbocycles. The van der Waals surface area contributed by atoms with Crippen molar-refractivity contribution in [2.75, 3.05) is 6.61 Å². The Kier molecular flexibility index (Phi) is 6.60. The minimum Gasteiger partial charge on any atom is -0.494 e. The fraction of sp³-hybridized carbons (Fsp3) is 0.429. The smallest absolute Gasteiger partial charge is 0.233 e. The topological polar surface area (TPSA) is 81.4 Å². The van der Waals surface area contributed by atoms with Crippen molar-refractivity contribution < 1.29 is 14.3 Å². The average molecular weight is 264 g/mol. The number of Topliss-reactive ketones (excluding diaryl/α,β-unsaturated/α-hetero) is 1. The van der Waals surface area contributed by atoms with Crippen molar-refractivity contribution in [2.24, 2.45) is 5.84 Å². The number of benzene rings is 1. The molecule has 0 fully saturated rings. The van der Waals surface area contributed by atoms with Crippen molar-refractivity contribution in [3.05, 3.63) is 29.8 Å². The number of nitrogens with two attached hydrogens (primary N) is 1. The molecule has 0 aliphatic heterocycles. The highest BCUT2D eigenvalue weighted by atomic mass is 16.5. The highest BCUT2D eigenvalue weighted by Crippen LogP contribution is 2.14. The van der Waals surface area contributed by atoms with E-state index in [1.165, 1.54) is 0 Å². The molecule has 0 saturated carbocycles. The molecule has 0 radical (unpaired) electrons. The molecule has 5 nitrogen and oxygen atoms in total. The molecule has 1 rings (SSSR count). The molecule has 0 spiro atoms. The van der Waals surface area contributed by atoms with Crippen LogP contribution in [0.15, 0.2) is 24.3 Å². The number of nitrogens with one attached hydrogen (secondary N) is 1. The van der Waals surface area contributed by atoms with Gasteiger partial charge in [-0.3, -0.25) is 15.0 Å². The van der Waals surface area contributed by atoms with Gasteiger partial charge >= 0.3 is 0 Å². The van der Waals surface area contributed by atoms with Crippen LogP contribution in [0, 0.1) is 0 Å². The van der Waals surface area contributed by atoms with Crippen LogP contribution in [0.3, 0.4) is 0 Å². The Labute approximate surface area is 113 Å². The molecule has 19 heavy (non-hydrogen) atoms. The van der Waals surface area contributed by atoms with E-state index >= 15 is 0 Å². The summed E-state index contributed by atoms with van der Waals surface area (Å²) in [6, 6.07) is 7.11. The summed E-state index contributed by atoms with van der Waals surface area (Å²) in [7, 11) is 0. The van der Waals surface area contributed by atoms with E-state index < -0.39 is 0 Å². The molecule has 0 aliphatic carbocycles. The maximum absolute atomic E-state index is 11.4. The van der Waals surface area contributed by atoms with Gasteiger partial charge in [-0.15, -0.1) is 0 Å². The van der Waals surface area contributed by atoms with Gasteiger partial charge in [0.15, 0.2) is 5.78 Å². The third-order valence-corrected chi connectivity index (χ3v) is 2.73. The predicted molar refractivity (Wildman–Crippen MR) is 72.7 cm³/mol. The molecule has 3 N–H and O–H groups in total. The van der Waals surface area contributed by atoms with E-state index in [9.17, 15) is 9.59 Å². The quantitative estimate of drug-likeness (QED) is 0.247. The van der Waals surface area contributed by atoms with Crippen LogP contribution >= 0.6 is 0 Å². The van der Waals surface area contributed by atoms with Gasteiger partial charge in [-0.05, 0) is 37.1 Å². The van der Waals surface area contributed by atoms with Gasteiger partial charge in [0.05, 0.1) is 6.61 Å². The Balaban J connectivity index is 2.26. The number of hydrogen-bond acceptors (Lipinski definition) is 4. The minimum absolute atomic E-state index is 0.124. The first-order chi connectivity index (χ1) is 9.17. The van der Waals surface area contributed by atoms with Crippen LogP contribution in [0.25, 0.3) is 0 Å². The molecule has 0 saturated heterocycles. The van der Waals surface area contributed by atoms with Gasteiger partial charge in [0.2, 0.25) is 5.91 Å². The van der Waals surface area contributed by atoms with Crippen molar-refractivity contribution in [3.8, 4) is 5.75 Å². The number of ketones is 1. The van der Waals surface area contributed by atoms with Gasteiger partial charge in [0, 0.05) is 18.4 Å². The van der Waals surface area contributed by atoms with E-state index in [0.29, 0.717) is 25.0 Å². The summed E-state index contributed by atoms with van der Waals surface area (Å²) in [6.45, 7) is 2.38. The number of carbonyl (C=O) groups excluding carboxylic acids is 2. The first-order valence-corrected chi connectivity index (χ1v) is 6.43. The Bertz CT molecular complexity index is 415. The maximum Gasteiger partial charge on any atom is 0.233 e. The molecule has 0 unspecified atom stereocenters. The lowest BCUT2D eigenvalue weighted by molar-refractivity contribution is -0.121. The molecule has 0 atom stereocenters. The summed E-state index contributed by atoms with van der Waals surface area (Å²) < 4.78 is 5.52. The predicted octanol–water partition coefficient (Wildman–Crippen LogP) is 1.82. The maximum atomic E-state index is 11.4. The van der Waals surface area contributed by atoms with Crippen molar-refractivity contribution in [2.45, 2.75) is 32.6 Å². The van der Waals surface area contributed by atoms with E-state index in [1.807, 2.05) is 6.92 Å². The second kappa shape index (κ2) is 8.26. The van der Waals surface area contributed by atoms with E-state index in [-0.39, 0.29) is 11.7 Å². The molecular formula is C14H20N2O3. The summed E-state index contributed by atoms with van der Waals surface area (Å²) in [6.07, 6.45) is 2.42. The van der Waals surface area contributed by atoms with Crippen molar-refractivity contribution >= 4 is 11.7 Å². The van der Waals surface area contributed by atoms with Gasteiger partial charge in [-0.1, -0.05) is 6.92 Å². The molecule has 0 aromatic heterocycles. The largest absolute Gasteiger partial charge is 0.494 e. The average Bonchev–Trinajstić information content (AvgIpc) is 2.46. The van der Waals surface area contributed by atoms with Crippen LogP contribution in [0.2, 0.25) is 0 Å². The summed E-state index contributed by atoms with van der Waals surface area (Å²) in [5.74, 6) is 5.66. The van der Waals surface area contributed by atoms with E-state index in [0.717, 1.165) is 18.6 Å². The number of hydrazine groups is 1. The standard InChI is InChI=1S/C14H20N2O3/c1-2-13(17)11-6-8-12(9-7-11)19-10-4-3-5-14(18)16-15/h6-9H,2-5,10,15H2,1H3,(H,16,18). The molecular weight excluding hydrogens is 244 g/mol. The van der Waals surface area contributed by atoms with E-state index in [2.05, 4.69) is 5.43 Å². The lowest BCUT2D eigenvalue weighted by atomic mass is 10.1. The third-order valence-electron chi connectivity index (χ3n) is 2.73. The van der Waals surface area contributed by atoms with E-state index in [4.69, 9.17) is 10.6 Å². The van der Waals surface area contributed by atoms with E-state index in [1.54, 1.807) is 24.3 Å².